The second-order valence-corrected chi connectivity index (χ2v) is 1.28. The van der Waals surface area contributed by atoms with Gasteiger partial charge in [-0.05, 0) is 0 Å². The van der Waals surface area contributed by atoms with Gasteiger partial charge in [0.15, 0.2) is 0 Å². The Balaban J connectivity index is 0. The topological polar surface area (TPSA) is 107 Å². The van der Waals surface area contributed by atoms with Gasteiger partial charge in [0.25, 0.3) is 6.54 Å². The number of aliphatic hydroxyl groups excluding tert-OH is 1. The standard InChI is InChI=1S/C2H4N2O5.Na.H/c5-2(4(8)9)1-3(6)7;;/h2,5H,1H2;;. The second-order valence-electron chi connectivity index (χ2n) is 1.28. The van der Waals surface area contributed by atoms with Crippen LogP contribution in [0.3, 0.4) is 0 Å². The number of hydrogen-bond donors (Lipinski definition) is 1. The summed E-state index contributed by atoms with van der Waals surface area (Å²) in [7, 11) is 0. The molecule has 0 aromatic rings. The van der Waals surface area contributed by atoms with E-state index in [1.165, 1.54) is 0 Å². The first-order valence-electron chi connectivity index (χ1n) is 1.97. The van der Waals surface area contributed by atoms with E-state index in [1.807, 2.05) is 0 Å². The molecule has 0 aromatic heterocycles. The minimum absolute atomic E-state index is 0. The van der Waals surface area contributed by atoms with Crippen LogP contribution in [0.4, 0.5) is 0 Å². The number of rotatable bonds is 3. The van der Waals surface area contributed by atoms with Crippen molar-refractivity contribution in [1.29, 1.82) is 0 Å². The van der Waals surface area contributed by atoms with E-state index in [9.17, 15) is 20.2 Å². The molecule has 0 fully saturated rings. The molecule has 7 nitrogen and oxygen atoms in total. The molecule has 0 aliphatic carbocycles. The van der Waals surface area contributed by atoms with Gasteiger partial charge in [0.1, 0.15) is 0 Å². The molecule has 0 aliphatic rings. The fourth-order valence-electron chi connectivity index (χ4n) is 0.200. The van der Waals surface area contributed by atoms with Gasteiger partial charge < -0.3 is 5.11 Å². The molecule has 0 heterocycles. The van der Waals surface area contributed by atoms with Crippen molar-refractivity contribution < 1.29 is 15.0 Å². The van der Waals surface area contributed by atoms with E-state index >= 15 is 0 Å². The number of hydrogen-bond acceptors (Lipinski definition) is 5. The van der Waals surface area contributed by atoms with Gasteiger partial charge in [-0.3, -0.25) is 20.2 Å². The van der Waals surface area contributed by atoms with Crippen LogP contribution < -0.4 is 0 Å². The molecule has 0 amide bonds. The zero-order valence-electron chi connectivity index (χ0n) is 4.26. The summed E-state index contributed by atoms with van der Waals surface area (Å²) in [5, 5.41) is 27.1. The Kier molecular flexibility index (Phi) is 6.89. The van der Waals surface area contributed by atoms with Crippen LogP contribution >= 0.6 is 0 Å². The molecular weight excluding hydrogens is 155 g/mol. The van der Waals surface area contributed by atoms with Gasteiger partial charge in [-0.2, -0.15) is 0 Å². The van der Waals surface area contributed by atoms with Crippen molar-refractivity contribution in [3.63, 3.8) is 0 Å². The molecular formula is C2H5N2NaO5. The summed E-state index contributed by atoms with van der Waals surface area (Å²) in [4.78, 5) is 16.9. The van der Waals surface area contributed by atoms with Crippen LogP contribution in [-0.4, -0.2) is 57.3 Å². The molecule has 1 N–H and O–H groups in total. The van der Waals surface area contributed by atoms with E-state index < -0.39 is 22.6 Å². The van der Waals surface area contributed by atoms with Crippen molar-refractivity contribution in [3.05, 3.63) is 20.2 Å². The molecule has 0 bridgehead atoms. The zero-order chi connectivity index (χ0) is 7.44. The van der Waals surface area contributed by atoms with Crippen LogP contribution in [0.25, 0.3) is 0 Å². The summed E-state index contributed by atoms with van der Waals surface area (Å²) in [6.07, 6.45) is -2.08. The Morgan fingerprint density at radius 1 is 1.40 bits per heavy atom. The predicted octanol–water partition coefficient (Wildman–Crippen LogP) is -1.79. The maximum atomic E-state index is 9.49. The zero-order valence-corrected chi connectivity index (χ0v) is 4.26. The molecule has 0 spiro atoms. The van der Waals surface area contributed by atoms with Crippen LogP contribution in [0.5, 0.6) is 0 Å². The van der Waals surface area contributed by atoms with Gasteiger partial charge in [-0.1, -0.05) is 0 Å². The average Bonchev–Trinajstić information content (AvgIpc) is 1.63. The molecule has 1 atom stereocenters. The summed E-state index contributed by atoms with van der Waals surface area (Å²) in [6.45, 7) is -1.05. The fourth-order valence-corrected chi connectivity index (χ4v) is 0.200. The quantitative estimate of drug-likeness (QED) is 0.227. The number of nitrogens with zero attached hydrogens (tertiary/aromatic N) is 2. The van der Waals surface area contributed by atoms with Crippen molar-refractivity contribution in [2.24, 2.45) is 0 Å². The van der Waals surface area contributed by atoms with Crippen molar-refractivity contribution in [2.45, 2.75) is 6.23 Å². The van der Waals surface area contributed by atoms with Crippen molar-refractivity contribution >= 4 is 29.6 Å². The monoisotopic (exact) mass is 160 g/mol. The van der Waals surface area contributed by atoms with Crippen LogP contribution in [0.2, 0.25) is 0 Å². The van der Waals surface area contributed by atoms with E-state index in [2.05, 4.69) is 0 Å². The predicted molar refractivity (Wildman–Crippen MR) is 32.0 cm³/mol. The molecule has 54 valence electrons. The number of aliphatic hydroxyl groups is 1. The fraction of sp³-hybridized carbons (Fsp3) is 1.00. The van der Waals surface area contributed by atoms with Crippen molar-refractivity contribution in [2.75, 3.05) is 6.54 Å². The SMILES string of the molecule is O=[N+]([O-])CC(O)[N+](=O)[O-].[NaH]. The minimum atomic E-state index is -2.08. The molecule has 0 rings (SSSR count). The van der Waals surface area contributed by atoms with E-state index in [4.69, 9.17) is 5.11 Å². The first-order valence-corrected chi connectivity index (χ1v) is 1.97. The molecule has 8 heteroatoms. The molecule has 1 unspecified atom stereocenters. The summed E-state index contributed by atoms with van der Waals surface area (Å²) in [6, 6.07) is 0. The Hall–Kier alpha value is -0.240. The van der Waals surface area contributed by atoms with Gasteiger partial charge in [0.2, 0.25) is 0 Å². The number of nitro groups is 2. The molecule has 0 radical (unpaired) electrons. The van der Waals surface area contributed by atoms with Gasteiger partial charge >= 0.3 is 35.8 Å². The Morgan fingerprint density at radius 2 is 1.80 bits per heavy atom. The molecule has 10 heavy (non-hydrogen) atoms. The second kappa shape index (κ2) is 5.54. The molecule has 0 saturated carbocycles. The summed E-state index contributed by atoms with van der Waals surface area (Å²) >= 11 is 0. The molecule has 0 saturated heterocycles. The van der Waals surface area contributed by atoms with E-state index in [0.717, 1.165) is 0 Å². The summed E-state index contributed by atoms with van der Waals surface area (Å²) in [5.74, 6) is 0. The van der Waals surface area contributed by atoms with E-state index in [-0.39, 0.29) is 29.6 Å². The Bertz CT molecular complexity index is 138. The summed E-state index contributed by atoms with van der Waals surface area (Å²) in [5.41, 5.74) is 0. The third kappa shape index (κ3) is 5.89. The van der Waals surface area contributed by atoms with Crippen LogP contribution in [-0.2, 0) is 0 Å². The molecule has 0 aromatic carbocycles. The maximum absolute atomic E-state index is 9.49. The van der Waals surface area contributed by atoms with Crippen LogP contribution in [0, 0.1) is 20.2 Å². The van der Waals surface area contributed by atoms with Gasteiger partial charge in [-0.15, -0.1) is 0 Å². The molecule has 0 aliphatic heterocycles. The van der Waals surface area contributed by atoms with E-state index in [0.29, 0.717) is 0 Å². The average molecular weight is 160 g/mol. The van der Waals surface area contributed by atoms with Crippen molar-refractivity contribution in [3.8, 4) is 0 Å². The summed E-state index contributed by atoms with van der Waals surface area (Å²) < 4.78 is 0. The third-order valence-corrected chi connectivity index (χ3v) is 0.556. The first kappa shape index (κ1) is 12.4. The Labute approximate surface area is 77.6 Å². The normalized spacial score (nSPS) is 11.3. The van der Waals surface area contributed by atoms with Crippen LogP contribution in [0.15, 0.2) is 0 Å². The first-order chi connectivity index (χ1) is 4.04. The van der Waals surface area contributed by atoms with Crippen molar-refractivity contribution in [1.82, 2.24) is 0 Å². The third-order valence-electron chi connectivity index (χ3n) is 0.556. The van der Waals surface area contributed by atoms with E-state index in [1.54, 1.807) is 0 Å². The Morgan fingerprint density at radius 3 is 1.90 bits per heavy atom. The van der Waals surface area contributed by atoms with Gasteiger partial charge in [-0.25, -0.2) is 0 Å². The van der Waals surface area contributed by atoms with Gasteiger partial charge in [0.05, 0.1) is 4.92 Å². The van der Waals surface area contributed by atoms with Crippen LogP contribution in [0.1, 0.15) is 0 Å². The van der Waals surface area contributed by atoms with Gasteiger partial charge in [0, 0.05) is 4.92 Å².